The van der Waals surface area contributed by atoms with Gasteiger partial charge in [0.25, 0.3) is 11.5 Å². The van der Waals surface area contributed by atoms with Gasteiger partial charge in [-0.3, -0.25) is 9.59 Å². The molecule has 3 N–H and O–H groups in total. The van der Waals surface area contributed by atoms with E-state index in [-0.39, 0.29) is 12.5 Å². The summed E-state index contributed by atoms with van der Waals surface area (Å²) in [6.07, 6.45) is 5.21. The van der Waals surface area contributed by atoms with E-state index in [1.165, 1.54) is 34.3 Å². The van der Waals surface area contributed by atoms with Crippen LogP contribution >= 0.6 is 11.3 Å². The third-order valence-electron chi connectivity index (χ3n) is 6.45. The van der Waals surface area contributed by atoms with E-state index in [1.54, 1.807) is 43.3 Å². The van der Waals surface area contributed by atoms with Gasteiger partial charge in [0.1, 0.15) is 5.00 Å². The number of carbonyl (C=O) groups is 2. The van der Waals surface area contributed by atoms with Crippen LogP contribution in [0.3, 0.4) is 0 Å². The van der Waals surface area contributed by atoms with E-state index in [4.69, 9.17) is 10.5 Å². The van der Waals surface area contributed by atoms with E-state index in [1.807, 2.05) is 0 Å². The summed E-state index contributed by atoms with van der Waals surface area (Å²) in [4.78, 5) is 43.4. The van der Waals surface area contributed by atoms with Crippen molar-refractivity contribution in [2.45, 2.75) is 32.6 Å². The van der Waals surface area contributed by atoms with E-state index in [0.29, 0.717) is 38.2 Å². The number of nitrogens with two attached hydrogens (primary N) is 1. The molecule has 9 heteroatoms. The minimum absolute atomic E-state index is 0.249. The number of hydrogen-bond donors (Lipinski definition) is 2. The average Bonchev–Trinajstić information content (AvgIpc) is 3.28. The number of esters is 1. The van der Waals surface area contributed by atoms with Crippen molar-refractivity contribution in [3.8, 4) is 11.6 Å². The quantitative estimate of drug-likeness (QED) is 0.285. The zero-order valence-corrected chi connectivity index (χ0v) is 21.0. The molecule has 0 saturated heterocycles. The SMILES string of the molecule is CCOC(=O)c1ccc(-n2c(O)c(/C=N/c3sc4c(c3C(N)=O)CCCC4)c3ccccc3c2=O)cc1. The lowest BCUT2D eigenvalue weighted by Crippen LogP contribution is -2.20. The van der Waals surface area contributed by atoms with Crippen molar-refractivity contribution >= 4 is 45.2 Å². The number of aromatic nitrogens is 1. The highest BCUT2D eigenvalue weighted by atomic mass is 32.1. The third kappa shape index (κ3) is 4.42. The molecule has 0 saturated carbocycles. The molecule has 4 aromatic rings. The monoisotopic (exact) mass is 515 g/mol. The molecule has 1 aliphatic carbocycles. The fourth-order valence-electron chi connectivity index (χ4n) is 4.71. The van der Waals surface area contributed by atoms with Crippen LogP contribution in [0.1, 0.15) is 56.5 Å². The molecule has 0 spiro atoms. The summed E-state index contributed by atoms with van der Waals surface area (Å²) in [6.45, 7) is 1.97. The van der Waals surface area contributed by atoms with Crippen molar-refractivity contribution < 1.29 is 19.4 Å². The molecule has 2 aromatic carbocycles. The molecule has 188 valence electrons. The van der Waals surface area contributed by atoms with Gasteiger partial charge in [-0.1, -0.05) is 18.2 Å². The number of amides is 1. The van der Waals surface area contributed by atoms with Gasteiger partial charge >= 0.3 is 5.97 Å². The maximum atomic E-state index is 13.4. The second kappa shape index (κ2) is 10.0. The average molecular weight is 516 g/mol. The van der Waals surface area contributed by atoms with E-state index in [2.05, 4.69) is 4.99 Å². The molecule has 2 aromatic heterocycles. The van der Waals surface area contributed by atoms with Crippen LogP contribution in [0.2, 0.25) is 0 Å². The number of aryl methyl sites for hydroxylation is 1. The Morgan fingerprint density at radius 3 is 2.51 bits per heavy atom. The molecular formula is C28H25N3O5S. The number of aliphatic imine (C=N–C) groups is 1. The second-order valence-corrected chi connectivity index (χ2v) is 9.79. The van der Waals surface area contributed by atoms with Crippen molar-refractivity contribution in [3.63, 3.8) is 0 Å². The zero-order chi connectivity index (χ0) is 26.1. The lowest BCUT2D eigenvalue weighted by atomic mass is 9.95. The number of carbonyl (C=O) groups excluding carboxylic acids is 2. The largest absolute Gasteiger partial charge is 0.494 e. The van der Waals surface area contributed by atoms with Gasteiger partial charge in [-0.15, -0.1) is 11.3 Å². The number of pyridine rings is 1. The summed E-state index contributed by atoms with van der Waals surface area (Å²) in [7, 11) is 0. The van der Waals surface area contributed by atoms with Crippen molar-refractivity contribution in [3.05, 3.63) is 86.0 Å². The van der Waals surface area contributed by atoms with Crippen LogP contribution in [0.5, 0.6) is 5.88 Å². The Balaban J connectivity index is 1.65. The lowest BCUT2D eigenvalue weighted by Gasteiger charge is -2.14. The standard InChI is InChI=1S/C28H25N3O5S/c1-2-36-28(35)16-11-13-17(14-12-16)31-26(33)19-8-4-3-7-18(19)21(27(31)34)15-30-25-23(24(29)32)20-9-5-6-10-22(20)37-25/h3-4,7-8,11-15,34H,2,5-6,9-10H2,1H3,(H2,29,32)/b30-15+. The van der Waals surface area contributed by atoms with E-state index in [0.717, 1.165) is 36.1 Å². The van der Waals surface area contributed by atoms with Gasteiger partial charge in [-0.25, -0.2) is 14.4 Å². The molecular weight excluding hydrogens is 490 g/mol. The van der Waals surface area contributed by atoms with Crippen molar-refractivity contribution in [2.75, 3.05) is 6.61 Å². The number of fused-ring (bicyclic) bond motifs is 2. The summed E-state index contributed by atoms with van der Waals surface area (Å²) in [6, 6.07) is 13.2. The maximum Gasteiger partial charge on any atom is 0.338 e. The molecule has 37 heavy (non-hydrogen) atoms. The molecule has 8 nitrogen and oxygen atoms in total. The van der Waals surface area contributed by atoms with Crippen LogP contribution < -0.4 is 11.3 Å². The highest BCUT2D eigenvalue weighted by Crippen LogP contribution is 2.40. The first-order chi connectivity index (χ1) is 17.9. The number of ether oxygens (including phenoxy) is 1. The summed E-state index contributed by atoms with van der Waals surface area (Å²) >= 11 is 1.44. The summed E-state index contributed by atoms with van der Waals surface area (Å²) in [5.41, 5.74) is 7.73. The Labute approximate surface area is 216 Å². The van der Waals surface area contributed by atoms with Crippen LogP contribution in [0.25, 0.3) is 16.5 Å². The number of thiophene rings is 1. The molecule has 0 unspecified atom stereocenters. The predicted octanol–water partition coefficient (Wildman–Crippen LogP) is 4.66. The Hall–Kier alpha value is -4.24. The number of aromatic hydroxyl groups is 1. The Bertz CT molecular complexity index is 1620. The molecule has 0 atom stereocenters. The molecule has 0 radical (unpaired) electrons. The van der Waals surface area contributed by atoms with E-state index < -0.39 is 17.4 Å². The normalized spacial score (nSPS) is 13.1. The maximum absolute atomic E-state index is 13.4. The van der Waals surface area contributed by atoms with Crippen LogP contribution in [0.4, 0.5) is 5.00 Å². The molecule has 5 rings (SSSR count). The highest BCUT2D eigenvalue weighted by molar-refractivity contribution is 7.16. The summed E-state index contributed by atoms with van der Waals surface area (Å²) in [5.74, 6) is -1.30. The number of rotatable bonds is 6. The minimum Gasteiger partial charge on any atom is -0.494 e. The third-order valence-corrected chi connectivity index (χ3v) is 7.65. The predicted molar refractivity (Wildman–Crippen MR) is 144 cm³/mol. The number of nitrogens with zero attached hydrogens (tertiary/aromatic N) is 2. The molecule has 1 aliphatic rings. The van der Waals surface area contributed by atoms with Crippen molar-refractivity contribution in [2.24, 2.45) is 10.7 Å². The second-order valence-electron chi connectivity index (χ2n) is 8.70. The van der Waals surface area contributed by atoms with Gasteiger partial charge in [0.2, 0.25) is 5.88 Å². The smallest absolute Gasteiger partial charge is 0.338 e. The fraction of sp³-hybridized carbons (Fsp3) is 0.214. The van der Waals surface area contributed by atoms with Gasteiger partial charge in [-0.2, -0.15) is 0 Å². The van der Waals surface area contributed by atoms with E-state index >= 15 is 0 Å². The summed E-state index contributed by atoms with van der Waals surface area (Å²) < 4.78 is 6.20. The van der Waals surface area contributed by atoms with Crippen LogP contribution in [0.15, 0.2) is 58.3 Å². The van der Waals surface area contributed by atoms with Crippen LogP contribution in [-0.4, -0.2) is 34.4 Å². The summed E-state index contributed by atoms with van der Waals surface area (Å²) in [5, 5.41) is 12.7. The van der Waals surface area contributed by atoms with Gasteiger partial charge in [-0.05, 0) is 68.5 Å². The van der Waals surface area contributed by atoms with Gasteiger partial charge in [0, 0.05) is 21.9 Å². The van der Waals surface area contributed by atoms with Crippen molar-refractivity contribution in [1.82, 2.24) is 4.57 Å². The Morgan fingerprint density at radius 1 is 1.11 bits per heavy atom. The molecule has 0 bridgehead atoms. The van der Waals surface area contributed by atoms with Crippen LogP contribution in [-0.2, 0) is 17.6 Å². The molecule has 2 heterocycles. The number of benzene rings is 2. The number of hydrogen-bond acceptors (Lipinski definition) is 7. The molecule has 0 aliphatic heterocycles. The Morgan fingerprint density at radius 2 is 1.81 bits per heavy atom. The van der Waals surface area contributed by atoms with Gasteiger partial charge in [0.05, 0.1) is 29.0 Å². The van der Waals surface area contributed by atoms with Gasteiger partial charge < -0.3 is 15.6 Å². The Kier molecular flexibility index (Phi) is 6.62. The van der Waals surface area contributed by atoms with E-state index in [9.17, 15) is 19.5 Å². The molecule has 0 fully saturated rings. The number of primary amides is 1. The molecule has 1 amide bonds. The van der Waals surface area contributed by atoms with Crippen molar-refractivity contribution in [1.29, 1.82) is 0 Å². The first-order valence-corrected chi connectivity index (χ1v) is 12.8. The van der Waals surface area contributed by atoms with Gasteiger partial charge in [0.15, 0.2) is 0 Å². The topological polar surface area (TPSA) is 124 Å². The first kappa shape index (κ1) is 24.5. The fourth-order valence-corrected chi connectivity index (χ4v) is 5.95. The highest BCUT2D eigenvalue weighted by Gasteiger charge is 2.24. The minimum atomic E-state index is -0.521. The first-order valence-electron chi connectivity index (χ1n) is 12.0. The lowest BCUT2D eigenvalue weighted by molar-refractivity contribution is 0.0526. The zero-order valence-electron chi connectivity index (χ0n) is 20.2. The van der Waals surface area contributed by atoms with Crippen LogP contribution in [0, 0.1) is 0 Å².